The van der Waals surface area contributed by atoms with Crippen molar-refractivity contribution in [3.05, 3.63) is 29.8 Å². The maximum Gasteiger partial charge on any atom is 0.124 e. The molecule has 1 unspecified atom stereocenters. The van der Waals surface area contributed by atoms with Gasteiger partial charge in [-0.2, -0.15) is 0 Å². The Morgan fingerprint density at radius 3 is 2.35 bits per heavy atom. The van der Waals surface area contributed by atoms with Crippen molar-refractivity contribution < 1.29 is 9.84 Å². The number of para-hydroxylation sites is 1. The number of ether oxygens (including phenoxy) is 1. The van der Waals surface area contributed by atoms with Crippen LogP contribution >= 0.6 is 0 Å². The molecule has 0 aromatic heterocycles. The molecule has 0 saturated heterocycles. The van der Waals surface area contributed by atoms with Crippen molar-refractivity contribution >= 4 is 0 Å². The van der Waals surface area contributed by atoms with Crippen LogP contribution in [0.15, 0.2) is 24.3 Å². The molecule has 2 nitrogen and oxygen atoms in total. The lowest BCUT2D eigenvalue weighted by molar-refractivity contribution is 0.0264. The summed E-state index contributed by atoms with van der Waals surface area (Å²) in [6.45, 7) is 6.22. The lowest BCUT2D eigenvalue weighted by Crippen LogP contribution is -2.25. The molecule has 0 saturated carbocycles. The number of hydrogen-bond donors (Lipinski definition) is 1. The number of aliphatic hydroxyl groups is 1. The Kier molecular flexibility index (Phi) is 5.01. The molecule has 1 N–H and O–H groups in total. The first-order valence-corrected chi connectivity index (χ1v) is 6.41. The number of methoxy groups -OCH3 is 1. The van der Waals surface area contributed by atoms with Crippen molar-refractivity contribution in [1.82, 2.24) is 0 Å². The van der Waals surface area contributed by atoms with Gasteiger partial charge in [0.05, 0.1) is 12.7 Å². The molecule has 2 heteroatoms. The van der Waals surface area contributed by atoms with E-state index in [0.29, 0.717) is 5.92 Å². The lowest BCUT2D eigenvalue weighted by atomic mass is 9.83. The average Bonchev–Trinajstić information content (AvgIpc) is 2.35. The Labute approximate surface area is 105 Å². The minimum Gasteiger partial charge on any atom is -0.496 e. The van der Waals surface area contributed by atoms with Crippen molar-refractivity contribution in [2.45, 2.75) is 45.6 Å². The summed E-state index contributed by atoms with van der Waals surface area (Å²) in [5, 5.41) is 10.7. The van der Waals surface area contributed by atoms with E-state index in [0.717, 1.165) is 30.6 Å². The molecule has 0 amide bonds. The van der Waals surface area contributed by atoms with Gasteiger partial charge in [0, 0.05) is 5.56 Å². The van der Waals surface area contributed by atoms with Crippen LogP contribution in [-0.2, 0) is 5.60 Å². The number of rotatable bonds is 6. The van der Waals surface area contributed by atoms with Crippen LogP contribution in [0.2, 0.25) is 0 Å². The summed E-state index contributed by atoms with van der Waals surface area (Å²) in [5.41, 5.74) is 0.0675. The smallest absolute Gasteiger partial charge is 0.124 e. The zero-order chi connectivity index (χ0) is 12.9. The second kappa shape index (κ2) is 6.06. The maximum atomic E-state index is 10.7. The van der Waals surface area contributed by atoms with Crippen LogP contribution in [0.3, 0.4) is 0 Å². The van der Waals surface area contributed by atoms with Crippen molar-refractivity contribution in [2.75, 3.05) is 7.11 Å². The van der Waals surface area contributed by atoms with Crippen molar-refractivity contribution in [3.63, 3.8) is 0 Å². The first-order chi connectivity index (χ1) is 8.05. The Morgan fingerprint density at radius 2 is 1.82 bits per heavy atom. The highest BCUT2D eigenvalue weighted by atomic mass is 16.5. The summed E-state index contributed by atoms with van der Waals surface area (Å²) in [5.74, 6) is 1.32. The summed E-state index contributed by atoms with van der Waals surface area (Å²) in [7, 11) is 1.64. The number of benzene rings is 1. The van der Waals surface area contributed by atoms with Crippen LogP contribution in [-0.4, -0.2) is 12.2 Å². The Bertz CT molecular complexity index is 341. The Balaban J connectivity index is 2.95. The molecule has 17 heavy (non-hydrogen) atoms. The van der Waals surface area contributed by atoms with Gasteiger partial charge in [-0.25, -0.2) is 0 Å². The van der Waals surface area contributed by atoms with Gasteiger partial charge in [-0.15, -0.1) is 0 Å². The fraction of sp³-hybridized carbons (Fsp3) is 0.600. The van der Waals surface area contributed by atoms with Crippen LogP contribution < -0.4 is 4.74 Å². The molecule has 0 radical (unpaired) electrons. The van der Waals surface area contributed by atoms with E-state index in [-0.39, 0.29) is 0 Å². The minimum atomic E-state index is -0.816. The molecule has 1 aromatic carbocycles. The predicted octanol–water partition coefficient (Wildman–Crippen LogP) is 3.73. The zero-order valence-electron chi connectivity index (χ0n) is 11.4. The third kappa shape index (κ3) is 3.47. The van der Waals surface area contributed by atoms with Gasteiger partial charge in [0.2, 0.25) is 0 Å². The Hall–Kier alpha value is -1.02. The van der Waals surface area contributed by atoms with Crippen LogP contribution in [0.25, 0.3) is 0 Å². The third-order valence-corrected chi connectivity index (χ3v) is 3.53. The van der Waals surface area contributed by atoms with Gasteiger partial charge in [-0.3, -0.25) is 0 Å². The van der Waals surface area contributed by atoms with Gasteiger partial charge in [-0.1, -0.05) is 44.9 Å². The van der Waals surface area contributed by atoms with Crippen molar-refractivity contribution in [1.29, 1.82) is 0 Å². The van der Waals surface area contributed by atoms with Gasteiger partial charge >= 0.3 is 0 Å². The van der Waals surface area contributed by atoms with Crippen LogP contribution in [0.4, 0.5) is 0 Å². The van der Waals surface area contributed by atoms with Crippen LogP contribution in [0.5, 0.6) is 5.75 Å². The van der Waals surface area contributed by atoms with Crippen molar-refractivity contribution in [2.24, 2.45) is 5.92 Å². The largest absolute Gasteiger partial charge is 0.496 e. The van der Waals surface area contributed by atoms with Gasteiger partial charge < -0.3 is 9.84 Å². The van der Waals surface area contributed by atoms with E-state index >= 15 is 0 Å². The van der Waals surface area contributed by atoms with E-state index in [2.05, 4.69) is 13.8 Å². The highest BCUT2D eigenvalue weighted by Gasteiger charge is 2.28. The second-order valence-electron chi connectivity index (χ2n) is 4.86. The van der Waals surface area contributed by atoms with Gasteiger partial charge in [0.25, 0.3) is 0 Å². The van der Waals surface area contributed by atoms with Gasteiger partial charge in [-0.05, 0) is 25.3 Å². The molecule has 1 rings (SSSR count). The van der Waals surface area contributed by atoms with E-state index < -0.39 is 5.60 Å². The van der Waals surface area contributed by atoms with E-state index in [1.165, 1.54) is 0 Å². The van der Waals surface area contributed by atoms with Crippen LogP contribution in [0, 0.1) is 5.92 Å². The molecular weight excluding hydrogens is 212 g/mol. The molecule has 0 fully saturated rings. The SMILES string of the molecule is CCC(CC)CC(C)(O)c1ccccc1OC. The fourth-order valence-corrected chi connectivity index (χ4v) is 2.34. The molecule has 0 aliphatic rings. The molecule has 0 spiro atoms. The first-order valence-electron chi connectivity index (χ1n) is 6.41. The first kappa shape index (κ1) is 14.0. The summed E-state index contributed by atoms with van der Waals surface area (Å²) < 4.78 is 5.32. The molecule has 1 atom stereocenters. The molecule has 0 heterocycles. The summed E-state index contributed by atoms with van der Waals surface area (Å²) in [4.78, 5) is 0. The maximum absolute atomic E-state index is 10.7. The van der Waals surface area contributed by atoms with Gasteiger partial charge in [0.1, 0.15) is 5.75 Å². The monoisotopic (exact) mass is 236 g/mol. The average molecular weight is 236 g/mol. The normalized spacial score (nSPS) is 14.7. The standard InChI is InChI=1S/C15H24O2/c1-5-12(6-2)11-15(3,16)13-9-7-8-10-14(13)17-4/h7-10,12,16H,5-6,11H2,1-4H3. The summed E-state index contributed by atoms with van der Waals surface area (Å²) in [6, 6.07) is 7.71. The molecule has 0 aliphatic heterocycles. The van der Waals surface area contributed by atoms with Crippen LogP contribution in [0.1, 0.15) is 45.6 Å². The second-order valence-corrected chi connectivity index (χ2v) is 4.86. The fourth-order valence-electron chi connectivity index (χ4n) is 2.34. The molecule has 1 aromatic rings. The summed E-state index contributed by atoms with van der Waals surface area (Å²) in [6.07, 6.45) is 2.98. The van der Waals surface area contributed by atoms with E-state index in [1.54, 1.807) is 7.11 Å². The predicted molar refractivity (Wildman–Crippen MR) is 71.3 cm³/mol. The topological polar surface area (TPSA) is 29.5 Å². The van der Waals surface area contributed by atoms with E-state index in [9.17, 15) is 5.11 Å². The van der Waals surface area contributed by atoms with E-state index in [1.807, 2.05) is 31.2 Å². The molecular formula is C15H24O2. The number of hydrogen-bond acceptors (Lipinski definition) is 2. The third-order valence-electron chi connectivity index (χ3n) is 3.53. The summed E-state index contributed by atoms with van der Waals surface area (Å²) >= 11 is 0. The molecule has 0 bridgehead atoms. The lowest BCUT2D eigenvalue weighted by Gasteiger charge is -2.29. The highest BCUT2D eigenvalue weighted by molar-refractivity contribution is 5.37. The van der Waals surface area contributed by atoms with Gasteiger partial charge in [0.15, 0.2) is 0 Å². The molecule has 96 valence electrons. The van der Waals surface area contributed by atoms with E-state index in [4.69, 9.17) is 4.74 Å². The Morgan fingerprint density at radius 1 is 1.24 bits per heavy atom. The molecule has 0 aliphatic carbocycles. The minimum absolute atomic E-state index is 0.551. The quantitative estimate of drug-likeness (QED) is 0.815. The zero-order valence-corrected chi connectivity index (χ0v) is 11.4. The van der Waals surface area contributed by atoms with Crippen molar-refractivity contribution in [3.8, 4) is 5.75 Å². The highest BCUT2D eigenvalue weighted by Crippen LogP contribution is 2.35.